The lowest BCUT2D eigenvalue weighted by Crippen LogP contribution is -2.20. The summed E-state index contributed by atoms with van der Waals surface area (Å²) in [5.41, 5.74) is -1.11. The molecule has 0 aliphatic rings. The quantitative estimate of drug-likeness (QED) is 0.668. The Morgan fingerprint density at radius 2 is 2.22 bits per heavy atom. The fourth-order valence-electron chi connectivity index (χ4n) is 1.51. The van der Waals surface area contributed by atoms with E-state index < -0.39 is 23.5 Å². The van der Waals surface area contributed by atoms with Crippen LogP contribution < -0.4 is 5.56 Å². The Balaban J connectivity index is 3.17. The fraction of sp³-hybridized carbons (Fsp3) is 0.455. The lowest BCUT2D eigenvalue weighted by molar-refractivity contribution is -0.142. The second kappa shape index (κ2) is 6.63. The van der Waals surface area contributed by atoms with Crippen LogP contribution in [0.15, 0.2) is 10.9 Å². The van der Waals surface area contributed by atoms with Gasteiger partial charge in [-0.15, -0.1) is 0 Å². The largest absolute Gasteiger partial charge is 0.466 e. The number of hydrogen-bond acceptors (Lipinski definition) is 3. The summed E-state index contributed by atoms with van der Waals surface area (Å²) >= 11 is 3.11. The first-order valence-electron chi connectivity index (χ1n) is 5.24. The molecule has 0 spiro atoms. The Labute approximate surface area is 110 Å². The summed E-state index contributed by atoms with van der Waals surface area (Å²) in [5.74, 6) is -0.634. The van der Waals surface area contributed by atoms with Crippen molar-refractivity contribution in [2.45, 2.75) is 25.1 Å². The number of carbonyl (C=O) groups is 1. The van der Waals surface area contributed by atoms with E-state index in [2.05, 4.69) is 25.7 Å². The minimum atomic E-state index is -2.93. The predicted molar refractivity (Wildman–Crippen MR) is 65.0 cm³/mol. The molecule has 7 heteroatoms. The van der Waals surface area contributed by atoms with Crippen LogP contribution in [0, 0.1) is 0 Å². The van der Waals surface area contributed by atoms with E-state index in [1.807, 2.05) is 0 Å². The van der Waals surface area contributed by atoms with Gasteiger partial charge in [-0.1, -0.05) is 15.9 Å². The summed E-state index contributed by atoms with van der Waals surface area (Å²) in [5, 5.41) is 0.307. The Morgan fingerprint density at radius 3 is 2.72 bits per heavy atom. The summed E-state index contributed by atoms with van der Waals surface area (Å²) in [6.07, 6.45) is -3.26. The minimum absolute atomic E-state index is 0.00153. The van der Waals surface area contributed by atoms with Crippen molar-refractivity contribution in [2.24, 2.45) is 0 Å². The molecule has 1 rings (SSSR count). The van der Waals surface area contributed by atoms with E-state index in [1.165, 1.54) is 6.07 Å². The first-order chi connectivity index (χ1) is 8.49. The summed E-state index contributed by atoms with van der Waals surface area (Å²) in [7, 11) is 0. The van der Waals surface area contributed by atoms with Crippen molar-refractivity contribution in [1.29, 1.82) is 0 Å². The predicted octanol–water partition coefficient (Wildman–Crippen LogP) is 2.31. The molecular formula is C11H12BrF2NO3. The Kier molecular flexibility index (Phi) is 5.46. The van der Waals surface area contributed by atoms with Gasteiger partial charge in [-0.3, -0.25) is 9.59 Å². The summed E-state index contributed by atoms with van der Waals surface area (Å²) in [4.78, 5) is 25.1. The van der Waals surface area contributed by atoms with Crippen LogP contribution in [0.4, 0.5) is 8.78 Å². The number of rotatable bonds is 5. The van der Waals surface area contributed by atoms with Crippen LogP contribution in [0.5, 0.6) is 0 Å². The number of esters is 1. The van der Waals surface area contributed by atoms with E-state index in [1.54, 1.807) is 6.92 Å². The monoisotopic (exact) mass is 323 g/mol. The van der Waals surface area contributed by atoms with Gasteiger partial charge in [0.25, 0.3) is 12.0 Å². The van der Waals surface area contributed by atoms with Crippen molar-refractivity contribution in [3.05, 3.63) is 33.2 Å². The van der Waals surface area contributed by atoms with Gasteiger partial charge in [0, 0.05) is 11.0 Å². The summed E-state index contributed by atoms with van der Waals surface area (Å²) < 4.78 is 30.2. The highest BCUT2D eigenvalue weighted by atomic mass is 79.9. The van der Waals surface area contributed by atoms with E-state index in [9.17, 15) is 18.4 Å². The van der Waals surface area contributed by atoms with Crippen molar-refractivity contribution in [3.8, 4) is 0 Å². The zero-order chi connectivity index (χ0) is 13.7. The molecule has 1 N–H and O–H groups in total. The van der Waals surface area contributed by atoms with E-state index in [0.29, 0.717) is 11.0 Å². The van der Waals surface area contributed by atoms with Crippen molar-refractivity contribution >= 4 is 21.9 Å². The third kappa shape index (κ3) is 3.63. The van der Waals surface area contributed by atoms with Crippen molar-refractivity contribution in [3.63, 3.8) is 0 Å². The number of carbonyl (C=O) groups excluding carboxylic acids is 1. The van der Waals surface area contributed by atoms with Crippen LogP contribution >= 0.6 is 15.9 Å². The molecule has 100 valence electrons. The average molecular weight is 324 g/mol. The standard InChI is InChI=1S/C11H12BrF2NO3/c1-2-18-8(16)4-6-3-7(5-12)15-11(17)9(6)10(13)14/h3,10H,2,4-5H2,1H3,(H,15,17). The molecule has 0 radical (unpaired) electrons. The summed E-state index contributed by atoms with van der Waals surface area (Å²) in [6, 6.07) is 1.37. The Hall–Kier alpha value is -1.24. The molecule has 1 heterocycles. The molecule has 0 atom stereocenters. The maximum atomic E-state index is 12.8. The number of ether oxygens (including phenoxy) is 1. The maximum Gasteiger partial charge on any atom is 0.310 e. The molecular weight excluding hydrogens is 312 g/mol. The molecule has 1 aromatic heterocycles. The van der Waals surface area contributed by atoms with Crippen LogP contribution in [0.2, 0.25) is 0 Å². The minimum Gasteiger partial charge on any atom is -0.466 e. The van der Waals surface area contributed by atoms with Crippen LogP contribution in [0.3, 0.4) is 0 Å². The number of aromatic amines is 1. The zero-order valence-electron chi connectivity index (χ0n) is 9.63. The van der Waals surface area contributed by atoms with Crippen LogP contribution in [0.25, 0.3) is 0 Å². The molecule has 0 bridgehead atoms. The Morgan fingerprint density at radius 1 is 1.56 bits per heavy atom. The number of nitrogens with one attached hydrogen (secondary N) is 1. The van der Waals surface area contributed by atoms with Gasteiger partial charge in [-0.2, -0.15) is 0 Å². The molecule has 0 saturated carbocycles. The van der Waals surface area contributed by atoms with Gasteiger partial charge in [0.15, 0.2) is 0 Å². The first kappa shape index (κ1) is 14.8. The second-order valence-electron chi connectivity index (χ2n) is 3.48. The molecule has 1 aromatic rings. The maximum absolute atomic E-state index is 12.8. The van der Waals surface area contributed by atoms with Crippen molar-refractivity contribution in [1.82, 2.24) is 4.98 Å². The average Bonchev–Trinajstić information content (AvgIpc) is 2.27. The van der Waals surface area contributed by atoms with E-state index in [4.69, 9.17) is 0 Å². The number of halogens is 3. The molecule has 0 saturated heterocycles. The Bertz CT molecular complexity index is 488. The highest BCUT2D eigenvalue weighted by Gasteiger charge is 2.20. The van der Waals surface area contributed by atoms with Crippen LogP contribution in [-0.2, 0) is 21.3 Å². The third-order valence-corrected chi connectivity index (χ3v) is 2.82. The zero-order valence-corrected chi connectivity index (χ0v) is 11.2. The van der Waals surface area contributed by atoms with Gasteiger partial charge in [0.2, 0.25) is 0 Å². The SMILES string of the molecule is CCOC(=O)Cc1cc(CBr)[nH]c(=O)c1C(F)F. The van der Waals surface area contributed by atoms with Gasteiger partial charge in [0.1, 0.15) is 0 Å². The number of pyridine rings is 1. The third-order valence-electron chi connectivity index (χ3n) is 2.22. The normalized spacial score (nSPS) is 10.7. The number of alkyl halides is 3. The van der Waals surface area contributed by atoms with Gasteiger partial charge in [-0.05, 0) is 18.6 Å². The van der Waals surface area contributed by atoms with Crippen molar-refractivity contribution < 1.29 is 18.3 Å². The van der Waals surface area contributed by atoms with E-state index >= 15 is 0 Å². The molecule has 0 amide bonds. The molecule has 4 nitrogen and oxygen atoms in total. The molecule has 0 aliphatic carbocycles. The van der Waals surface area contributed by atoms with Crippen molar-refractivity contribution in [2.75, 3.05) is 6.61 Å². The topological polar surface area (TPSA) is 59.2 Å². The smallest absolute Gasteiger partial charge is 0.310 e. The highest BCUT2D eigenvalue weighted by molar-refractivity contribution is 9.08. The van der Waals surface area contributed by atoms with Gasteiger partial charge in [-0.25, -0.2) is 8.78 Å². The van der Waals surface area contributed by atoms with Crippen LogP contribution in [0.1, 0.15) is 30.2 Å². The first-order valence-corrected chi connectivity index (χ1v) is 6.36. The van der Waals surface area contributed by atoms with Gasteiger partial charge in [0.05, 0.1) is 18.6 Å². The van der Waals surface area contributed by atoms with E-state index in [-0.39, 0.29) is 18.6 Å². The molecule has 18 heavy (non-hydrogen) atoms. The van der Waals surface area contributed by atoms with Crippen LogP contribution in [-0.4, -0.2) is 17.6 Å². The lowest BCUT2D eigenvalue weighted by Gasteiger charge is -2.09. The molecule has 0 aliphatic heterocycles. The summed E-state index contributed by atoms with van der Waals surface area (Å²) in [6.45, 7) is 1.78. The molecule has 0 unspecified atom stereocenters. The molecule has 0 aromatic carbocycles. The fourth-order valence-corrected chi connectivity index (χ4v) is 1.81. The second-order valence-corrected chi connectivity index (χ2v) is 4.04. The van der Waals surface area contributed by atoms with E-state index in [0.717, 1.165) is 0 Å². The van der Waals surface area contributed by atoms with Gasteiger partial charge < -0.3 is 9.72 Å². The van der Waals surface area contributed by atoms with Gasteiger partial charge >= 0.3 is 5.97 Å². The number of H-pyrrole nitrogens is 1. The lowest BCUT2D eigenvalue weighted by atomic mass is 10.1. The molecule has 0 fully saturated rings. The highest BCUT2D eigenvalue weighted by Crippen LogP contribution is 2.21. The number of hydrogen-bond donors (Lipinski definition) is 1. The number of aromatic nitrogens is 1.